The zero-order valence-corrected chi connectivity index (χ0v) is 7.61. The van der Waals surface area contributed by atoms with E-state index in [1.807, 2.05) is 0 Å². The molecule has 1 amide bonds. The number of β-lactam (4-membered cyclic amide) rings is 1. The van der Waals surface area contributed by atoms with E-state index in [0.717, 1.165) is 0 Å². The fourth-order valence-corrected chi connectivity index (χ4v) is 1.45. The third-order valence-electron chi connectivity index (χ3n) is 2.20. The molecule has 1 saturated heterocycles. The number of hydrogen-bond donors (Lipinski definition) is 2. The van der Waals surface area contributed by atoms with Crippen molar-refractivity contribution >= 4 is 11.9 Å². The van der Waals surface area contributed by atoms with Crippen LogP contribution in [0.1, 0.15) is 13.3 Å². The zero-order valence-electron chi connectivity index (χ0n) is 7.61. The molecule has 1 fully saturated rings. The Hall–Kier alpha value is -1.10. The number of aliphatic hydroxyl groups is 1. The molecule has 0 saturated carbocycles. The number of aliphatic hydroxyl groups excluding tert-OH is 1. The molecule has 1 heterocycles. The lowest BCUT2D eigenvalue weighted by Gasteiger charge is -2.37. The molecule has 0 spiro atoms. The maximum absolute atomic E-state index is 10.9. The summed E-state index contributed by atoms with van der Waals surface area (Å²) >= 11 is 0. The molecule has 0 bridgehead atoms. The molecule has 0 unspecified atom stereocenters. The van der Waals surface area contributed by atoms with Crippen molar-refractivity contribution in [2.75, 3.05) is 7.11 Å². The van der Waals surface area contributed by atoms with Crippen molar-refractivity contribution in [2.24, 2.45) is 5.92 Å². The maximum atomic E-state index is 10.9. The van der Waals surface area contributed by atoms with Crippen LogP contribution < -0.4 is 5.32 Å². The molecule has 3 atom stereocenters. The normalized spacial score (nSPS) is 28.7. The molecule has 0 aromatic heterocycles. The fraction of sp³-hybridized carbons (Fsp3) is 0.750. The summed E-state index contributed by atoms with van der Waals surface area (Å²) in [5.74, 6) is -1.06. The Balaban J connectivity index is 2.45. The van der Waals surface area contributed by atoms with Gasteiger partial charge in [0.15, 0.2) is 0 Å². The molecular weight excluding hydrogens is 174 g/mol. The number of ether oxygens (including phenoxy) is 1. The molecule has 5 heteroatoms. The van der Waals surface area contributed by atoms with Crippen LogP contribution in [0.2, 0.25) is 0 Å². The second-order valence-electron chi connectivity index (χ2n) is 3.16. The third-order valence-corrected chi connectivity index (χ3v) is 2.20. The molecule has 2 N–H and O–H groups in total. The first kappa shape index (κ1) is 9.98. The van der Waals surface area contributed by atoms with Crippen LogP contribution >= 0.6 is 0 Å². The topological polar surface area (TPSA) is 75.6 Å². The van der Waals surface area contributed by atoms with Gasteiger partial charge in [-0.15, -0.1) is 0 Å². The first-order chi connectivity index (χ1) is 6.06. The Labute approximate surface area is 76.1 Å². The quantitative estimate of drug-likeness (QED) is 0.441. The first-order valence-electron chi connectivity index (χ1n) is 4.11. The minimum Gasteiger partial charge on any atom is -0.469 e. The van der Waals surface area contributed by atoms with E-state index >= 15 is 0 Å². The highest BCUT2D eigenvalue weighted by Crippen LogP contribution is 2.21. The second kappa shape index (κ2) is 3.74. The highest BCUT2D eigenvalue weighted by molar-refractivity contribution is 5.88. The molecule has 0 aromatic rings. The van der Waals surface area contributed by atoms with Crippen molar-refractivity contribution in [2.45, 2.75) is 25.5 Å². The van der Waals surface area contributed by atoms with Gasteiger partial charge in [0.2, 0.25) is 5.91 Å². The lowest BCUT2D eigenvalue weighted by atomic mass is 9.84. The summed E-state index contributed by atoms with van der Waals surface area (Å²) in [5.41, 5.74) is 0. The van der Waals surface area contributed by atoms with Gasteiger partial charge in [0, 0.05) is 0 Å². The van der Waals surface area contributed by atoms with Crippen LogP contribution in [0.25, 0.3) is 0 Å². The molecule has 1 aliphatic rings. The number of methoxy groups -OCH3 is 1. The van der Waals surface area contributed by atoms with Crippen LogP contribution in [0.4, 0.5) is 0 Å². The van der Waals surface area contributed by atoms with Crippen LogP contribution in [-0.2, 0) is 14.3 Å². The SMILES string of the molecule is COC(=O)C[C@H]1NC(=O)[C@@H]1[C@H](C)O. The lowest BCUT2D eigenvalue weighted by Crippen LogP contribution is -2.62. The van der Waals surface area contributed by atoms with Crippen molar-refractivity contribution < 1.29 is 19.4 Å². The molecule has 1 aliphatic heterocycles. The van der Waals surface area contributed by atoms with Crippen molar-refractivity contribution in [3.8, 4) is 0 Å². The molecule has 0 aromatic carbocycles. The highest BCUT2D eigenvalue weighted by Gasteiger charge is 2.43. The Bertz CT molecular complexity index is 226. The molecular formula is C8H13NO4. The summed E-state index contributed by atoms with van der Waals surface area (Å²) in [6.45, 7) is 1.54. The molecule has 13 heavy (non-hydrogen) atoms. The van der Waals surface area contributed by atoms with Crippen LogP contribution in [0, 0.1) is 5.92 Å². The van der Waals surface area contributed by atoms with Gasteiger partial charge in [-0.3, -0.25) is 9.59 Å². The summed E-state index contributed by atoms with van der Waals surface area (Å²) in [6, 6.07) is -0.278. The van der Waals surface area contributed by atoms with Crippen LogP contribution in [-0.4, -0.2) is 36.2 Å². The van der Waals surface area contributed by atoms with Gasteiger partial charge >= 0.3 is 5.97 Å². The molecule has 0 aliphatic carbocycles. The lowest BCUT2D eigenvalue weighted by molar-refractivity contribution is -0.148. The van der Waals surface area contributed by atoms with Gasteiger partial charge in [-0.25, -0.2) is 0 Å². The average molecular weight is 187 g/mol. The summed E-state index contributed by atoms with van der Waals surface area (Å²) in [4.78, 5) is 21.8. The minimum absolute atomic E-state index is 0.123. The number of rotatable bonds is 3. The van der Waals surface area contributed by atoms with Crippen molar-refractivity contribution in [1.82, 2.24) is 5.32 Å². The highest BCUT2D eigenvalue weighted by atomic mass is 16.5. The van der Waals surface area contributed by atoms with Gasteiger partial charge in [-0.1, -0.05) is 0 Å². The summed E-state index contributed by atoms with van der Waals surface area (Å²) in [6.07, 6.45) is -0.596. The van der Waals surface area contributed by atoms with E-state index in [1.54, 1.807) is 0 Å². The number of carbonyl (C=O) groups is 2. The van der Waals surface area contributed by atoms with Gasteiger partial charge in [0.1, 0.15) is 0 Å². The molecule has 74 valence electrons. The number of nitrogens with one attached hydrogen (secondary N) is 1. The number of amides is 1. The summed E-state index contributed by atoms with van der Waals surface area (Å²) in [7, 11) is 1.29. The number of esters is 1. The average Bonchev–Trinajstić information content (AvgIpc) is 2.01. The number of carbonyl (C=O) groups excluding carboxylic acids is 2. The van der Waals surface area contributed by atoms with E-state index in [-0.39, 0.29) is 24.3 Å². The molecule has 5 nitrogen and oxygen atoms in total. The Morgan fingerprint density at radius 1 is 1.77 bits per heavy atom. The third kappa shape index (κ3) is 1.98. The number of hydrogen-bond acceptors (Lipinski definition) is 4. The zero-order chi connectivity index (χ0) is 10.0. The standard InChI is InChI=1S/C8H13NO4/c1-4(10)7-5(9-8(7)12)3-6(11)13-2/h4-5,7,10H,3H2,1-2H3,(H,9,12)/t4-,5+,7+/m0/s1. The summed E-state index contributed by atoms with van der Waals surface area (Å²) in [5, 5.41) is 11.7. The van der Waals surface area contributed by atoms with Gasteiger partial charge in [-0.2, -0.15) is 0 Å². The van der Waals surface area contributed by atoms with E-state index in [1.165, 1.54) is 14.0 Å². The van der Waals surface area contributed by atoms with Gasteiger partial charge in [-0.05, 0) is 6.92 Å². The van der Waals surface area contributed by atoms with Crippen LogP contribution in [0.3, 0.4) is 0 Å². The largest absolute Gasteiger partial charge is 0.469 e. The Morgan fingerprint density at radius 3 is 2.77 bits per heavy atom. The summed E-state index contributed by atoms with van der Waals surface area (Å²) < 4.78 is 4.45. The predicted molar refractivity (Wildman–Crippen MR) is 43.7 cm³/mol. The smallest absolute Gasteiger partial charge is 0.307 e. The second-order valence-corrected chi connectivity index (χ2v) is 3.16. The van der Waals surface area contributed by atoms with E-state index in [9.17, 15) is 14.7 Å². The molecule has 0 radical (unpaired) electrons. The van der Waals surface area contributed by atoms with Crippen molar-refractivity contribution in [3.05, 3.63) is 0 Å². The van der Waals surface area contributed by atoms with Crippen LogP contribution in [0.5, 0.6) is 0 Å². The first-order valence-corrected chi connectivity index (χ1v) is 4.11. The van der Waals surface area contributed by atoms with E-state index in [4.69, 9.17) is 0 Å². The van der Waals surface area contributed by atoms with Gasteiger partial charge in [0.25, 0.3) is 0 Å². The Morgan fingerprint density at radius 2 is 2.38 bits per heavy atom. The van der Waals surface area contributed by atoms with Crippen molar-refractivity contribution in [3.63, 3.8) is 0 Å². The van der Waals surface area contributed by atoms with E-state index < -0.39 is 12.0 Å². The maximum Gasteiger partial charge on any atom is 0.307 e. The van der Waals surface area contributed by atoms with E-state index in [2.05, 4.69) is 10.1 Å². The monoisotopic (exact) mass is 187 g/mol. The van der Waals surface area contributed by atoms with Crippen LogP contribution in [0.15, 0.2) is 0 Å². The minimum atomic E-state index is -0.719. The Kier molecular flexibility index (Phi) is 2.87. The fourth-order valence-electron chi connectivity index (χ4n) is 1.45. The van der Waals surface area contributed by atoms with E-state index in [0.29, 0.717) is 0 Å². The van der Waals surface area contributed by atoms with Gasteiger partial charge in [0.05, 0.1) is 31.6 Å². The van der Waals surface area contributed by atoms with Gasteiger partial charge < -0.3 is 15.2 Å². The molecule has 1 rings (SSSR count). The van der Waals surface area contributed by atoms with Crippen molar-refractivity contribution in [1.29, 1.82) is 0 Å². The predicted octanol–water partition coefficient (Wildman–Crippen LogP) is -0.955.